The summed E-state index contributed by atoms with van der Waals surface area (Å²) in [6, 6.07) is 6.55. The molecule has 19 heavy (non-hydrogen) atoms. The van der Waals surface area contributed by atoms with Gasteiger partial charge in [0.15, 0.2) is 0 Å². The molecule has 0 amide bonds. The maximum absolute atomic E-state index is 13.0. The average Bonchev–Trinajstić information content (AvgIpc) is 3.09. The van der Waals surface area contributed by atoms with Crippen LogP contribution in [-0.2, 0) is 5.54 Å². The Hall–Kier alpha value is -1.68. The van der Waals surface area contributed by atoms with Crippen molar-refractivity contribution in [1.82, 2.24) is 9.55 Å². The van der Waals surface area contributed by atoms with Crippen LogP contribution in [0.4, 0.5) is 4.39 Å². The molecule has 4 heteroatoms. The second-order valence-corrected chi connectivity index (χ2v) is 5.29. The Labute approximate surface area is 112 Å². The van der Waals surface area contributed by atoms with E-state index in [1.165, 1.54) is 25.0 Å². The maximum atomic E-state index is 13.0. The second kappa shape index (κ2) is 4.78. The first-order valence-corrected chi connectivity index (χ1v) is 6.74. The second-order valence-electron chi connectivity index (χ2n) is 5.29. The lowest BCUT2D eigenvalue weighted by molar-refractivity contribution is 0.307. The van der Waals surface area contributed by atoms with Gasteiger partial charge in [-0.3, -0.25) is 0 Å². The predicted octanol–water partition coefficient (Wildman–Crippen LogP) is 2.92. The van der Waals surface area contributed by atoms with Gasteiger partial charge in [-0.15, -0.1) is 0 Å². The third kappa shape index (κ3) is 2.06. The molecular weight excluding hydrogens is 241 g/mol. The zero-order valence-electron chi connectivity index (χ0n) is 10.8. The summed E-state index contributed by atoms with van der Waals surface area (Å²) in [5.74, 6) is -0.218. The highest BCUT2D eigenvalue weighted by Gasteiger charge is 2.35. The van der Waals surface area contributed by atoms with E-state index in [1.807, 2.05) is 12.5 Å². The van der Waals surface area contributed by atoms with Crippen LogP contribution >= 0.6 is 0 Å². The SMILES string of the molecule is NCC1(n2cncc2-c2ccc(F)cc2)CCCC1. The lowest BCUT2D eigenvalue weighted by Gasteiger charge is -2.31. The standard InChI is InChI=1S/C15H18FN3/c16-13-5-3-12(4-6-13)14-9-18-11-19(14)15(10-17)7-1-2-8-15/h3-6,9,11H,1-2,7-8,10,17H2. The normalized spacial score (nSPS) is 17.8. The minimum absolute atomic E-state index is 0.0137. The molecule has 1 aliphatic carbocycles. The molecule has 2 N–H and O–H groups in total. The van der Waals surface area contributed by atoms with Crippen LogP contribution in [-0.4, -0.2) is 16.1 Å². The van der Waals surface area contributed by atoms with Crippen LogP contribution in [0.25, 0.3) is 11.3 Å². The average molecular weight is 259 g/mol. The van der Waals surface area contributed by atoms with Gasteiger partial charge in [0.1, 0.15) is 5.82 Å². The summed E-state index contributed by atoms with van der Waals surface area (Å²) < 4.78 is 15.2. The van der Waals surface area contributed by atoms with Gasteiger partial charge in [0.25, 0.3) is 0 Å². The number of hydrogen-bond acceptors (Lipinski definition) is 2. The quantitative estimate of drug-likeness (QED) is 0.921. The Morgan fingerprint density at radius 2 is 1.89 bits per heavy atom. The van der Waals surface area contributed by atoms with Crippen molar-refractivity contribution in [3.8, 4) is 11.3 Å². The van der Waals surface area contributed by atoms with E-state index in [0.29, 0.717) is 6.54 Å². The number of rotatable bonds is 3. The van der Waals surface area contributed by atoms with Gasteiger partial charge in [0.2, 0.25) is 0 Å². The van der Waals surface area contributed by atoms with Crippen LogP contribution in [0, 0.1) is 5.82 Å². The highest BCUT2D eigenvalue weighted by molar-refractivity contribution is 5.59. The fourth-order valence-corrected chi connectivity index (χ4v) is 3.08. The van der Waals surface area contributed by atoms with Gasteiger partial charge in [0, 0.05) is 6.54 Å². The van der Waals surface area contributed by atoms with Crippen LogP contribution in [0.2, 0.25) is 0 Å². The van der Waals surface area contributed by atoms with Crippen molar-refractivity contribution in [2.45, 2.75) is 31.2 Å². The molecule has 1 heterocycles. The monoisotopic (exact) mass is 259 g/mol. The summed E-state index contributed by atoms with van der Waals surface area (Å²) in [4.78, 5) is 4.27. The number of aromatic nitrogens is 2. The Morgan fingerprint density at radius 1 is 1.21 bits per heavy atom. The summed E-state index contributed by atoms with van der Waals surface area (Å²) in [5, 5.41) is 0. The molecule has 3 nitrogen and oxygen atoms in total. The minimum Gasteiger partial charge on any atom is -0.328 e. The van der Waals surface area contributed by atoms with Crippen LogP contribution < -0.4 is 5.73 Å². The van der Waals surface area contributed by atoms with Crippen molar-refractivity contribution in [2.75, 3.05) is 6.54 Å². The Bertz CT molecular complexity index is 553. The first-order chi connectivity index (χ1) is 9.25. The van der Waals surface area contributed by atoms with Crippen LogP contribution in [0.1, 0.15) is 25.7 Å². The molecule has 0 bridgehead atoms. The zero-order chi connectivity index (χ0) is 13.3. The van der Waals surface area contributed by atoms with Crippen molar-refractivity contribution < 1.29 is 4.39 Å². The first-order valence-electron chi connectivity index (χ1n) is 6.74. The van der Waals surface area contributed by atoms with E-state index in [9.17, 15) is 4.39 Å². The van der Waals surface area contributed by atoms with Gasteiger partial charge in [0.05, 0.1) is 23.8 Å². The summed E-state index contributed by atoms with van der Waals surface area (Å²) in [6.45, 7) is 0.623. The molecule has 1 aromatic carbocycles. The van der Waals surface area contributed by atoms with E-state index >= 15 is 0 Å². The Morgan fingerprint density at radius 3 is 2.53 bits per heavy atom. The zero-order valence-corrected chi connectivity index (χ0v) is 10.8. The Balaban J connectivity index is 2.05. The molecule has 100 valence electrons. The van der Waals surface area contributed by atoms with E-state index < -0.39 is 0 Å². The van der Waals surface area contributed by atoms with Crippen LogP contribution in [0.15, 0.2) is 36.8 Å². The molecule has 1 aromatic heterocycles. The Kier molecular flexibility index (Phi) is 3.11. The van der Waals surface area contributed by atoms with Gasteiger partial charge in [-0.05, 0) is 42.7 Å². The smallest absolute Gasteiger partial charge is 0.123 e. The molecule has 3 rings (SSSR count). The first kappa shape index (κ1) is 12.4. The molecule has 1 saturated carbocycles. The van der Waals surface area contributed by atoms with E-state index in [1.54, 1.807) is 12.1 Å². The lowest BCUT2D eigenvalue weighted by Crippen LogP contribution is -2.38. The van der Waals surface area contributed by atoms with Gasteiger partial charge < -0.3 is 10.3 Å². The summed E-state index contributed by atoms with van der Waals surface area (Å²) in [5.41, 5.74) is 8.01. The lowest BCUT2D eigenvalue weighted by atomic mass is 9.96. The number of nitrogens with two attached hydrogens (primary N) is 1. The number of imidazole rings is 1. The summed E-state index contributed by atoms with van der Waals surface area (Å²) in [6.07, 6.45) is 8.29. The van der Waals surface area contributed by atoms with E-state index in [2.05, 4.69) is 9.55 Å². The van der Waals surface area contributed by atoms with Gasteiger partial charge in [-0.1, -0.05) is 12.8 Å². The van der Waals surface area contributed by atoms with Crippen molar-refractivity contribution in [2.24, 2.45) is 5.73 Å². The van der Waals surface area contributed by atoms with E-state index in [4.69, 9.17) is 5.73 Å². The van der Waals surface area contributed by atoms with Crippen molar-refractivity contribution >= 4 is 0 Å². The molecule has 0 aliphatic heterocycles. The molecule has 1 aliphatic rings. The maximum Gasteiger partial charge on any atom is 0.123 e. The number of benzene rings is 1. The molecule has 0 spiro atoms. The van der Waals surface area contributed by atoms with Crippen molar-refractivity contribution in [3.05, 3.63) is 42.6 Å². The number of nitrogens with zero attached hydrogens (tertiary/aromatic N) is 2. The van der Waals surface area contributed by atoms with Crippen LogP contribution in [0.3, 0.4) is 0 Å². The molecule has 0 radical (unpaired) electrons. The van der Waals surface area contributed by atoms with Gasteiger partial charge in [-0.25, -0.2) is 9.37 Å². The molecule has 0 saturated heterocycles. The highest BCUT2D eigenvalue weighted by atomic mass is 19.1. The molecule has 1 fully saturated rings. The van der Waals surface area contributed by atoms with E-state index in [-0.39, 0.29) is 11.4 Å². The highest BCUT2D eigenvalue weighted by Crippen LogP contribution is 2.38. The molecule has 0 atom stereocenters. The third-order valence-electron chi connectivity index (χ3n) is 4.20. The number of hydrogen-bond donors (Lipinski definition) is 1. The third-order valence-corrected chi connectivity index (χ3v) is 4.20. The van der Waals surface area contributed by atoms with Crippen LogP contribution in [0.5, 0.6) is 0 Å². The summed E-state index contributed by atoms with van der Waals surface area (Å²) in [7, 11) is 0. The molecule has 0 unspecified atom stereocenters. The topological polar surface area (TPSA) is 43.8 Å². The van der Waals surface area contributed by atoms with Crippen molar-refractivity contribution in [1.29, 1.82) is 0 Å². The summed E-state index contributed by atoms with van der Waals surface area (Å²) >= 11 is 0. The number of halogens is 1. The van der Waals surface area contributed by atoms with E-state index in [0.717, 1.165) is 24.1 Å². The fourth-order valence-electron chi connectivity index (χ4n) is 3.08. The minimum atomic E-state index is -0.218. The molecular formula is C15H18FN3. The predicted molar refractivity (Wildman–Crippen MR) is 73.1 cm³/mol. The van der Waals surface area contributed by atoms with Crippen molar-refractivity contribution in [3.63, 3.8) is 0 Å². The van der Waals surface area contributed by atoms with Gasteiger partial charge in [-0.2, -0.15) is 0 Å². The van der Waals surface area contributed by atoms with Gasteiger partial charge >= 0.3 is 0 Å². The molecule has 2 aromatic rings. The fraction of sp³-hybridized carbons (Fsp3) is 0.400. The largest absolute Gasteiger partial charge is 0.328 e.